The van der Waals surface area contributed by atoms with Crippen LogP contribution in [0, 0.1) is 6.92 Å². The molecule has 2 aliphatic heterocycles. The van der Waals surface area contributed by atoms with E-state index in [1.165, 1.54) is 27.8 Å². The number of piperidine rings is 1. The highest BCUT2D eigenvalue weighted by Crippen LogP contribution is 2.42. The average Bonchev–Trinajstić information content (AvgIpc) is 2.81. The van der Waals surface area contributed by atoms with Gasteiger partial charge in [-0.2, -0.15) is 0 Å². The summed E-state index contributed by atoms with van der Waals surface area (Å²) in [5, 5.41) is 15.3. The number of aliphatic hydroxyl groups is 1. The molecule has 164 valence electrons. The van der Waals surface area contributed by atoms with E-state index in [-0.39, 0.29) is 5.92 Å². The van der Waals surface area contributed by atoms with Gasteiger partial charge in [0.2, 0.25) is 0 Å². The van der Waals surface area contributed by atoms with Gasteiger partial charge in [-0.3, -0.25) is 4.99 Å². The predicted octanol–water partition coefficient (Wildman–Crippen LogP) is 4.80. The molecule has 0 spiro atoms. The van der Waals surface area contributed by atoms with Crippen molar-refractivity contribution in [2.45, 2.75) is 50.5 Å². The number of hydrogen-bond donors (Lipinski definition) is 2. The molecule has 4 rings (SSSR count). The van der Waals surface area contributed by atoms with Crippen molar-refractivity contribution in [3.8, 4) is 11.1 Å². The number of hydrogen-bond acceptors (Lipinski definition) is 4. The van der Waals surface area contributed by atoms with Gasteiger partial charge in [0.05, 0.1) is 5.60 Å². The Labute approximate surface area is 186 Å². The van der Waals surface area contributed by atoms with Crippen molar-refractivity contribution in [1.82, 2.24) is 5.32 Å². The summed E-state index contributed by atoms with van der Waals surface area (Å²) in [7, 11) is 1.75. The highest BCUT2D eigenvalue weighted by molar-refractivity contribution is 5.69. The number of aryl methyl sites for hydroxylation is 2. The zero-order valence-corrected chi connectivity index (χ0v) is 18.7. The molecule has 2 heterocycles. The second kappa shape index (κ2) is 9.90. The molecule has 2 aliphatic rings. The molecule has 2 atom stereocenters. The molecule has 2 N–H and O–H groups in total. The third kappa shape index (κ3) is 4.67. The average molecular weight is 419 g/mol. The summed E-state index contributed by atoms with van der Waals surface area (Å²) in [6, 6.07) is 15.4. The van der Waals surface area contributed by atoms with Crippen molar-refractivity contribution in [1.29, 1.82) is 0 Å². The normalized spacial score (nSPS) is 23.6. The van der Waals surface area contributed by atoms with Crippen molar-refractivity contribution in [3.63, 3.8) is 0 Å². The molecule has 0 saturated carbocycles. The minimum absolute atomic E-state index is 0.0341. The maximum atomic E-state index is 11.8. The summed E-state index contributed by atoms with van der Waals surface area (Å²) in [6.07, 6.45) is 8.38. The zero-order chi connectivity index (χ0) is 21.7. The maximum Gasteiger partial charge on any atom is 0.0967 e. The first kappa shape index (κ1) is 21.9. The van der Waals surface area contributed by atoms with Crippen molar-refractivity contribution < 1.29 is 9.84 Å². The Balaban J connectivity index is 1.65. The van der Waals surface area contributed by atoms with Crippen molar-refractivity contribution in [2.24, 2.45) is 4.99 Å². The van der Waals surface area contributed by atoms with E-state index in [9.17, 15) is 5.11 Å². The fourth-order valence-electron chi connectivity index (χ4n) is 5.11. The molecule has 2 unspecified atom stereocenters. The van der Waals surface area contributed by atoms with Gasteiger partial charge < -0.3 is 15.2 Å². The lowest BCUT2D eigenvalue weighted by Gasteiger charge is -2.43. The summed E-state index contributed by atoms with van der Waals surface area (Å²) in [5.41, 5.74) is 6.59. The summed E-state index contributed by atoms with van der Waals surface area (Å²) in [5.74, 6) is 0.0341. The van der Waals surface area contributed by atoms with E-state index in [1.54, 1.807) is 7.11 Å². The van der Waals surface area contributed by atoms with E-state index in [2.05, 4.69) is 59.7 Å². The number of nitrogens with one attached hydrogen (secondary N) is 1. The van der Waals surface area contributed by atoms with Crippen LogP contribution < -0.4 is 5.32 Å². The largest absolute Gasteiger partial charge is 0.385 e. The maximum absolute atomic E-state index is 11.8. The Hall–Kier alpha value is -2.27. The van der Waals surface area contributed by atoms with E-state index >= 15 is 0 Å². The van der Waals surface area contributed by atoms with Crippen LogP contribution in [0.25, 0.3) is 11.1 Å². The predicted molar refractivity (Wildman–Crippen MR) is 128 cm³/mol. The van der Waals surface area contributed by atoms with Crippen molar-refractivity contribution in [3.05, 3.63) is 70.9 Å². The molecule has 31 heavy (non-hydrogen) atoms. The van der Waals surface area contributed by atoms with Crippen LogP contribution in [0.4, 0.5) is 0 Å². The van der Waals surface area contributed by atoms with Gasteiger partial charge in [0, 0.05) is 38.6 Å². The Bertz CT molecular complexity index is 965. The monoisotopic (exact) mass is 418 g/mol. The highest BCUT2D eigenvalue weighted by Gasteiger charge is 2.43. The number of ether oxygens (including phenoxy) is 1. The molecule has 1 saturated heterocycles. The van der Waals surface area contributed by atoms with Gasteiger partial charge in [0.25, 0.3) is 0 Å². The van der Waals surface area contributed by atoms with Crippen LogP contribution in [0.2, 0.25) is 0 Å². The van der Waals surface area contributed by atoms with Gasteiger partial charge in [-0.15, -0.1) is 0 Å². The standard InChI is InChI=1S/C27H34N2O2/c1-20-17-22(25-10-4-3-7-21(25)8-6-16-31-2)11-12-24(20)26-19-29-15-13-27(26,30)23-9-5-14-28-18-23/h3-4,7,10-12,14,17-18,26,29-30H,5-6,8-9,13,15-16,19H2,1-2H3. The fraction of sp³-hybridized carbons (Fsp3) is 0.444. The molecular formula is C27H34N2O2. The topological polar surface area (TPSA) is 53.8 Å². The molecule has 0 bridgehead atoms. The molecule has 4 nitrogen and oxygen atoms in total. The second-order valence-electron chi connectivity index (χ2n) is 8.78. The van der Waals surface area contributed by atoms with Crippen LogP contribution in [-0.4, -0.2) is 43.7 Å². The molecule has 4 heteroatoms. The van der Waals surface area contributed by atoms with Crippen LogP contribution in [0.3, 0.4) is 0 Å². The molecule has 0 radical (unpaired) electrons. The summed E-state index contributed by atoms with van der Waals surface area (Å²) in [6.45, 7) is 4.57. The van der Waals surface area contributed by atoms with Crippen LogP contribution in [0.15, 0.2) is 59.2 Å². The Morgan fingerprint density at radius 1 is 1.23 bits per heavy atom. The number of benzene rings is 2. The SMILES string of the molecule is COCCCc1ccccc1-c1ccc(C2CNCCC2(O)C2=CN=CCC2)c(C)c1. The number of methoxy groups -OCH3 is 1. The Kier molecular flexibility index (Phi) is 7.01. The highest BCUT2D eigenvalue weighted by atomic mass is 16.5. The Morgan fingerprint density at radius 3 is 2.87 bits per heavy atom. The number of aliphatic imine (C=N–C) groups is 1. The van der Waals surface area contributed by atoms with E-state index in [0.29, 0.717) is 0 Å². The molecule has 0 amide bonds. The van der Waals surface area contributed by atoms with Crippen LogP contribution in [-0.2, 0) is 11.2 Å². The Morgan fingerprint density at radius 2 is 2.10 bits per heavy atom. The first-order chi connectivity index (χ1) is 15.1. The third-order valence-electron chi connectivity index (χ3n) is 6.81. The van der Waals surface area contributed by atoms with Crippen LogP contribution in [0.1, 0.15) is 48.3 Å². The van der Waals surface area contributed by atoms with E-state index in [1.807, 2.05) is 12.4 Å². The van der Waals surface area contributed by atoms with Crippen molar-refractivity contribution in [2.75, 3.05) is 26.8 Å². The van der Waals surface area contributed by atoms with E-state index in [0.717, 1.165) is 57.4 Å². The first-order valence-electron chi connectivity index (χ1n) is 11.5. The van der Waals surface area contributed by atoms with Gasteiger partial charge >= 0.3 is 0 Å². The van der Waals surface area contributed by atoms with Crippen molar-refractivity contribution >= 4 is 6.21 Å². The fourth-order valence-corrected chi connectivity index (χ4v) is 5.11. The van der Waals surface area contributed by atoms with Crippen LogP contribution in [0.5, 0.6) is 0 Å². The minimum atomic E-state index is -0.826. The first-order valence-corrected chi connectivity index (χ1v) is 11.5. The number of rotatable bonds is 7. The molecule has 0 aliphatic carbocycles. The van der Waals surface area contributed by atoms with Gasteiger partial charge in [0.1, 0.15) is 0 Å². The quantitative estimate of drug-likeness (QED) is 0.635. The smallest absolute Gasteiger partial charge is 0.0967 e. The molecule has 1 fully saturated rings. The molecular weight excluding hydrogens is 384 g/mol. The van der Waals surface area contributed by atoms with E-state index in [4.69, 9.17) is 4.74 Å². The minimum Gasteiger partial charge on any atom is -0.385 e. The van der Waals surface area contributed by atoms with Gasteiger partial charge in [0.15, 0.2) is 0 Å². The molecule has 0 aromatic heterocycles. The lowest BCUT2D eigenvalue weighted by Crippen LogP contribution is -2.50. The summed E-state index contributed by atoms with van der Waals surface area (Å²) >= 11 is 0. The molecule has 2 aromatic rings. The molecule has 2 aromatic carbocycles. The van der Waals surface area contributed by atoms with E-state index < -0.39 is 5.60 Å². The van der Waals surface area contributed by atoms with Gasteiger partial charge in [-0.25, -0.2) is 0 Å². The lowest BCUT2D eigenvalue weighted by molar-refractivity contribution is 0.0213. The second-order valence-corrected chi connectivity index (χ2v) is 8.78. The van der Waals surface area contributed by atoms with Gasteiger partial charge in [-0.05, 0) is 79.0 Å². The zero-order valence-electron chi connectivity index (χ0n) is 18.7. The summed E-state index contributed by atoms with van der Waals surface area (Å²) < 4.78 is 5.24. The van der Waals surface area contributed by atoms with Gasteiger partial charge in [-0.1, -0.05) is 42.5 Å². The summed E-state index contributed by atoms with van der Waals surface area (Å²) in [4.78, 5) is 4.35. The van der Waals surface area contributed by atoms with Crippen LogP contribution >= 0.6 is 0 Å². The third-order valence-corrected chi connectivity index (χ3v) is 6.81. The lowest BCUT2D eigenvalue weighted by atomic mass is 9.70. The number of nitrogens with zero attached hydrogens (tertiary/aromatic N) is 1.